The standard InChI is InChI=1S/C14H17BrN2O/c1-3-6-16-8-13-14(18-9-17-13)11-5-4-10(2)12(15)7-11/h4-5,7,9,16H,3,6,8H2,1-2H3. The van der Waals surface area contributed by atoms with Crippen molar-refractivity contribution in [2.45, 2.75) is 26.8 Å². The van der Waals surface area contributed by atoms with Gasteiger partial charge in [-0.05, 0) is 31.5 Å². The van der Waals surface area contributed by atoms with Crippen LogP contribution in [0.4, 0.5) is 0 Å². The number of oxazole rings is 1. The van der Waals surface area contributed by atoms with E-state index in [0.717, 1.165) is 41.0 Å². The highest BCUT2D eigenvalue weighted by Gasteiger charge is 2.11. The van der Waals surface area contributed by atoms with E-state index in [0.29, 0.717) is 0 Å². The van der Waals surface area contributed by atoms with Crippen molar-refractivity contribution in [3.8, 4) is 11.3 Å². The van der Waals surface area contributed by atoms with Gasteiger partial charge in [0.15, 0.2) is 12.2 Å². The predicted molar refractivity (Wildman–Crippen MR) is 76.4 cm³/mol. The van der Waals surface area contributed by atoms with Crippen molar-refractivity contribution < 1.29 is 4.42 Å². The third-order valence-corrected chi connectivity index (χ3v) is 3.65. The van der Waals surface area contributed by atoms with Gasteiger partial charge in [0.1, 0.15) is 5.69 Å². The minimum Gasteiger partial charge on any atom is -0.443 e. The van der Waals surface area contributed by atoms with E-state index in [2.05, 4.69) is 58.3 Å². The molecule has 0 bridgehead atoms. The largest absolute Gasteiger partial charge is 0.443 e. The third-order valence-electron chi connectivity index (χ3n) is 2.79. The van der Waals surface area contributed by atoms with Crippen LogP contribution in [0.25, 0.3) is 11.3 Å². The molecule has 1 aromatic carbocycles. The van der Waals surface area contributed by atoms with Gasteiger partial charge in [0.05, 0.1) is 0 Å². The molecular formula is C14H17BrN2O. The Kier molecular flexibility index (Phi) is 4.55. The Hall–Kier alpha value is -1.13. The molecule has 3 nitrogen and oxygen atoms in total. The van der Waals surface area contributed by atoms with Gasteiger partial charge < -0.3 is 9.73 Å². The molecule has 0 unspecified atom stereocenters. The van der Waals surface area contributed by atoms with Crippen molar-refractivity contribution in [3.05, 3.63) is 40.3 Å². The molecule has 4 heteroatoms. The summed E-state index contributed by atoms with van der Waals surface area (Å²) in [6.07, 6.45) is 2.62. The van der Waals surface area contributed by atoms with Gasteiger partial charge in [-0.25, -0.2) is 4.98 Å². The molecule has 2 rings (SSSR count). The van der Waals surface area contributed by atoms with E-state index >= 15 is 0 Å². The highest BCUT2D eigenvalue weighted by molar-refractivity contribution is 9.10. The number of nitrogens with zero attached hydrogens (tertiary/aromatic N) is 1. The zero-order valence-corrected chi connectivity index (χ0v) is 12.3. The molecule has 1 N–H and O–H groups in total. The van der Waals surface area contributed by atoms with Gasteiger partial charge in [-0.2, -0.15) is 0 Å². The average Bonchev–Trinajstić information content (AvgIpc) is 2.81. The van der Waals surface area contributed by atoms with Crippen molar-refractivity contribution in [3.63, 3.8) is 0 Å². The topological polar surface area (TPSA) is 38.1 Å². The zero-order chi connectivity index (χ0) is 13.0. The normalized spacial score (nSPS) is 10.8. The number of aryl methyl sites for hydroxylation is 1. The van der Waals surface area contributed by atoms with Crippen LogP contribution in [0.5, 0.6) is 0 Å². The highest BCUT2D eigenvalue weighted by atomic mass is 79.9. The lowest BCUT2D eigenvalue weighted by atomic mass is 10.1. The van der Waals surface area contributed by atoms with Crippen LogP contribution in [-0.2, 0) is 6.54 Å². The Morgan fingerprint density at radius 2 is 2.22 bits per heavy atom. The van der Waals surface area contributed by atoms with E-state index < -0.39 is 0 Å². The van der Waals surface area contributed by atoms with Crippen LogP contribution in [-0.4, -0.2) is 11.5 Å². The monoisotopic (exact) mass is 308 g/mol. The number of nitrogens with one attached hydrogen (secondary N) is 1. The summed E-state index contributed by atoms with van der Waals surface area (Å²) in [4.78, 5) is 4.27. The van der Waals surface area contributed by atoms with Crippen LogP contribution in [0.1, 0.15) is 24.6 Å². The molecule has 0 aliphatic heterocycles. The molecule has 0 radical (unpaired) electrons. The summed E-state index contributed by atoms with van der Waals surface area (Å²) in [5.41, 5.74) is 3.22. The first kappa shape index (κ1) is 13.3. The van der Waals surface area contributed by atoms with E-state index in [1.807, 2.05) is 0 Å². The minimum absolute atomic E-state index is 0.741. The van der Waals surface area contributed by atoms with Gasteiger partial charge in [0.2, 0.25) is 0 Å². The van der Waals surface area contributed by atoms with Crippen molar-refractivity contribution in [2.75, 3.05) is 6.54 Å². The highest BCUT2D eigenvalue weighted by Crippen LogP contribution is 2.27. The van der Waals surface area contributed by atoms with Crippen molar-refractivity contribution in [1.82, 2.24) is 10.3 Å². The molecule has 96 valence electrons. The van der Waals surface area contributed by atoms with Crippen LogP contribution < -0.4 is 5.32 Å². The summed E-state index contributed by atoms with van der Waals surface area (Å²) in [7, 11) is 0. The lowest BCUT2D eigenvalue weighted by molar-refractivity contribution is 0.569. The molecule has 1 heterocycles. The van der Waals surface area contributed by atoms with Crippen LogP contribution in [0, 0.1) is 6.92 Å². The van der Waals surface area contributed by atoms with Crippen molar-refractivity contribution in [1.29, 1.82) is 0 Å². The molecule has 0 amide bonds. The Balaban J connectivity index is 2.22. The Labute approximate surface area is 116 Å². The number of benzene rings is 1. The fourth-order valence-corrected chi connectivity index (χ4v) is 2.13. The molecule has 0 fully saturated rings. The second-order valence-corrected chi connectivity index (χ2v) is 5.12. The van der Waals surface area contributed by atoms with Crippen LogP contribution in [0.3, 0.4) is 0 Å². The summed E-state index contributed by atoms with van der Waals surface area (Å²) in [6, 6.07) is 6.20. The second kappa shape index (κ2) is 6.16. The number of rotatable bonds is 5. The lowest BCUT2D eigenvalue weighted by Crippen LogP contribution is -2.14. The van der Waals surface area contributed by atoms with Gasteiger partial charge >= 0.3 is 0 Å². The van der Waals surface area contributed by atoms with E-state index in [1.165, 1.54) is 12.0 Å². The fraction of sp³-hybridized carbons (Fsp3) is 0.357. The molecule has 0 atom stereocenters. The van der Waals surface area contributed by atoms with Crippen LogP contribution in [0.2, 0.25) is 0 Å². The number of hydrogen-bond donors (Lipinski definition) is 1. The van der Waals surface area contributed by atoms with Gasteiger partial charge in [0, 0.05) is 16.6 Å². The molecule has 1 aromatic heterocycles. The van der Waals surface area contributed by atoms with E-state index in [1.54, 1.807) is 0 Å². The van der Waals surface area contributed by atoms with Crippen molar-refractivity contribution in [2.24, 2.45) is 0 Å². The van der Waals surface area contributed by atoms with E-state index in [4.69, 9.17) is 4.42 Å². The van der Waals surface area contributed by atoms with E-state index in [-0.39, 0.29) is 0 Å². The SMILES string of the molecule is CCCNCc1ncoc1-c1ccc(C)c(Br)c1. The quantitative estimate of drug-likeness (QED) is 0.851. The molecule has 0 saturated carbocycles. The zero-order valence-electron chi connectivity index (χ0n) is 10.7. The molecule has 0 aliphatic carbocycles. The fourth-order valence-electron chi connectivity index (χ4n) is 1.75. The van der Waals surface area contributed by atoms with Crippen LogP contribution in [0.15, 0.2) is 33.5 Å². The smallest absolute Gasteiger partial charge is 0.181 e. The average molecular weight is 309 g/mol. The molecule has 0 aliphatic rings. The maximum Gasteiger partial charge on any atom is 0.181 e. The first-order valence-corrected chi connectivity index (χ1v) is 6.91. The van der Waals surface area contributed by atoms with Crippen molar-refractivity contribution >= 4 is 15.9 Å². The van der Waals surface area contributed by atoms with E-state index in [9.17, 15) is 0 Å². The Morgan fingerprint density at radius 3 is 2.94 bits per heavy atom. The van der Waals surface area contributed by atoms with Crippen LogP contribution >= 0.6 is 15.9 Å². The summed E-state index contributed by atoms with van der Waals surface area (Å²) in [5, 5.41) is 3.34. The summed E-state index contributed by atoms with van der Waals surface area (Å²) >= 11 is 3.54. The predicted octanol–water partition coefficient (Wildman–Crippen LogP) is 3.91. The minimum atomic E-state index is 0.741. The maximum atomic E-state index is 5.50. The summed E-state index contributed by atoms with van der Waals surface area (Å²) < 4.78 is 6.59. The van der Waals surface area contributed by atoms with Gasteiger partial charge in [0.25, 0.3) is 0 Å². The second-order valence-electron chi connectivity index (χ2n) is 4.27. The number of halogens is 1. The van der Waals surface area contributed by atoms with Gasteiger partial charge in [-0.15, -0.1) is 0 Å². The summed E-state index contributed by atoms with van der Waals surface area (Å²) in [5.74, 6) is 0.847. The summed E-state index contributed by atoms with van der Waals surface area (Å²) in [6.45, 7) is 5.95. The van der Waals surface area contributed by atoms with Gasteiger partial charge in [-0.1, -0.05) is 35.0 Å². The Bertz CT molecular complexity index is 522. The molecule has 18 heavy (non-hydrogen) atoms. The first-order valence-electron chi connectivity index (χ1n) is 6.12. The first-order chi connectivity index (χ1) is 8.72. The lowest BCUT2D eigenvalue weighted by Gasteiger charge is -2.04. The third kappa shape index (κ3) is 3.00. The van der Waals surface area contributed by atoms with Gasteiger partial charge in [-0.3, -0.25) is 0 Å². The molecule has 2 aromatic rings. The molecular weight excluding hydrogens is 292 g/mol. The number of aromatic nitrogens is 1. The molecule has 0 saturated heterocycles. The number of hydrogen-bond acceptors (Lipinski definition) is 3. The maximum absolute atomic E-state index is 5.50. The molecule has 0 spiro atoms. The Morgan fingerprint density at radius 1 is 1.39 bits per heavy atom.